The maximum absolute atomic E-state index is 12.6. The van der Waals surface area contributed by atoms with E-state index in [1.165, 1.54) is 12.1 Å². The summed E-state index contributed by atoms with van der Waals surface area (Å²) in [5.74, 6) is 2.14. The summed E-state index contributed by atoms with van der Waals surface area (Å²) in [6.45, 7) is 5.41. The summed E-state index contributed by atoms with van der Waals surface area (Å²) in [7, 11) is 1.64. The zero-order valence-electron chi connectivity index (χ0n) is 17.5. The van der Waals surface area contributed by atoms with Crippen LogP contribution in [0.15, 0.2) is 47.4 Å². The molecule has 0 N–H and O–H groups in total. The van der Waals surface area contributed by atoms with Gasteiger partial charge in [0.15, 0.2) is 0 Å². The fraction of sp³-hybridized carbons (Fsp3) is 0.409. The van der Waals surface area contributed by atoms with E-state index in [4.69, 9.17) is 23.8 Å². The fourth-order valence-corrected chi connectivity index (χ4v) is 3.58. The van der Waals surface area contributed by atoms with Crippen molar-refractivity contribution in [3.05, 3.63) is 53.6 Å². The topological polar surface area (TPSA) is 61.8 Å². The Labute approximate surface area is 183 Å². The molecule has 170 valence electrons. The predicted octanol–water partition coefficient (Wildman–Crippen LogP) is 5.26. The van der Waals surface area contributed by atoms with Crippen LogP contribution in [-0.2, 0) is 20.5 Å². The number of halogens is 3. The lowest BCUT2D eigenvalue weighted by atomic mass is 10.2. The third-order valence-electron chi connectivity index (χ3n) is 4.08. The van der Waals surface area contributed by atoms with Gasteiger partial charge in [-0.25, -0.2) is 0 Å². The van der Waals surface area contributed by atoms with E-state index in [9.17, 15) is 13.2 Å². The van der Waals surface area contributed by atoms with E-state index in [-0.39, 0.29) is 12.1 Å². The van der Waals surface area contributed by atoms with Crippen LogP contribution in [0.25, 0.3) is 0 Å². The molecular weight excluding hydrogens is 433 g/mol. The van der Waals surface area contributed by atoms with Gasteiger partial charge in [0.2, 0.25) is 0 Å². The van der Waals surface area contributed by atoms with Gasteiger partial charge in [0.05, 0.1) is 25.9 Å². The summed E-state index contributed by atoms with van der Waals surface area (Å²) in [6.07, 6.45) is -4.09. The Morgan fingerprint density at radius 2 is 1.71 bits per heavy atom. The quantitative estimate of drug-likeness (QED) is 0.453. The number of carbonyl (C=O) groups excluding carboxylic acids is 2. The first kappa shape index (κ1) is 26.6. The van der Waals surface area contributed by atoms with E-state index in [2.05, 4.69) is 6.07 Å². The van der Waals surface area contributed by atoms with E-state index < -0.39 is 11.7 Å². The minimum absolute atomic E-state index is 0.106. The zero-order valence-corrected chi connectivity index (χ0v) is 18.3. The maximum Gasteiger partial charge on any atom is 0.416 e. The lowest BCUT2D eigenvalue weighted by Gasteiger charge is -2.18. The molecule has 0 radical (unpaired) electrons. The molecule has 0 saturated heterocycles. The first-order valence-electron chi connectivity index (χ1n) is 9.39. The zero-order chi connectivity index (χ0) is 23.3. The normalized spacial score (nSPS) is 11.7. The van der Waals surface area contributed by atoms with Gasteiger partial charge in [-0.15, -0.1) is 11.8 Å². The van der Waals surface area contributed by atoms with Crippen LogP contribution < -0.4 is 9.47 Å². The number of rotatable bonds is 10. The Balaban J connectivity index is 0.00000151. The highest BCUT2D eigenvalue weighted by Crippen LogP contribution is 2.31. The Hall–Kier alpha value is -2.48. The molecule has 2 aromatic carbocycles. The first-order valence-corrected chi connectivity index (χ1v) is 10.4. The van der Waals surface area contributed by atoms with Crippen LogP contribution in [0.4, 0.5) is 13.2 Å². The van der Waals surface area contributed by atoms with Crippen LogP contribution in [0.2, 0.25) is 0 Å². The van der Waals surface area contributed by atoms with Gasteiger partial charge in [0.1, 0.15) is 11.5 Å². The number of ether oxygens (including phenoxy) is 3. The van der Waals surface area contributed by atoms with Crippen LogP contribution >= 0.6 is 11.8 Å². The Morgan fingerprint density at radius 1 is 1.06 bits per heavy atom. The third-order valence-corrected chi connectivity index (χ3v) is 5.30. The minimum Gasteiger partial charge on any atom is -0.496 e. The van der Waals surface area contributed by atoms with Crippen molar-refractivity contribution in [2.75, 3.05) is 32.7 Å². The SMILES string of the molecule is CCOCC(COc1ccc(C(F)(F)F)cc1)CSc1ccc(OC)c(C)c1.O=C=O. The van der Waals surface area contributed by atoms with Gasteiger partial charge < -0.3 is 14.2 Å². The van der Waals surface area contributed by atoms with Crippen molar-refractivity contribution >= 4 is 17.9 Å². The van der Waals surface area contributed by atoms with Gasteiger partial charge >= 0.3 is 12.3 Å². The molecule has 2 aromatic rings. The monoisotopic (exact) mass is 458 g/mol. The Morgan fingerprint density at radius 3 is 2.23 bits per heavy atom. The average molecular weight is 458 g/mol. The fourth-order valence-electron chi connectivity index (χ4n) is 2.54. The summed E-state index contributed by atoms with van der Waals surface area (Å²) in [5.41, 5.74) is 0.381. The molecule has 0 amide bonds. The average Bonchev–Trinajstić information content (AvgIpc) is 2.73. The number of aryl methyl sites for hydroxylation is 1. The van der Waals surface area contributed by atoms with Crippen LogP contribution in [0.1, 0.15) is 18.1 Å². The number of benzene rings is 2. The lowest BCUT2D eigenvalue weighted by molar-refractivity contribution is -0.191. The van der Waals surface area contributed by atoms with Crippen LogP contribution in [0.3, 0.4) is 0 Å². The molecule has 2 rings (SSSR count). The Bertz CT molecular complexity index is 819. The molecule has 0 aliphatic heterocycles. The predicted molar refractivity (Wildman–Crippen MR) is 110 cm³/mol. The summed E-state index contributed by atoms with van der Waals surface area (Å²) in [4.78, 5) is 17.4. The molecule has 1 atom stereocenters. The van der Waals surface area contributed by atoms with Crippen molar-refractivity contribution in [1.29, 1.82) is 0 Å². The van der Waals surface area contributed by atoms with Crippen LogP contribution in [-0.4, -0.2) is 38.8 Å². The summed E-state index contributed by atoms with van der Waals surface area (Å²) >= 11 is 1.69. The maximum atomic E-state index is 12.6. The van der Waals surface area contributed by atoms with Gasteiger partial charge in [-0.3, -0.25) is 0 Å². The van der Waals surface area contributed by atoms with Gasteiger partial charge in [0, 0.05) is 23.2 Å². The molecule has 1 unspecified atom stereocenters. The van der Waals surface area contributed by atoms with Gasteiger partial charge in [0.25, 0.3) is 0 Å². The molecule has 0 aliphatic rings. The van der Waals surface area contributed by atoms with Crippen molar-refractivity contribution in [3.63, 3.8) is 0 Å². The second-order valence-corrected chi connectivity index (χ2v) is 7.48. The van der Waals surface area contributed by atoms with E-state index in [0.29, 0.717) is 25.6 Å². The number of hydrogen-bond acceptors (Lipinski definition) is 6. The highest BCUT2D eigenvalue weighted by Gasteiger charge is 2.30. The minimum atomic E-state index is -4.34. The van der Waals surface area contributed by atoms with Crippen LogP contribution in [0.5, 0.6) is 11.5 Å². The van der Waals surface area contributed by atoms with Crippen LogP contribution in [0, 0.1) is 12.8 Å². The molecular formula is C22H25F3O5S. The molecule has 9 heteroatoms. The van der Waals surface area contributed by atoms with E-state index >= 15 is 0 Å². The number of alkyl halides is 3. The first-order chi connectivity index (χ1) is 14.7. The number of thioether (sulfide) groups is 1. The molecule has 0 bridgehead atoms. The van der Waals surface area contributed by atoms with Crippen molar-refractivity contribution in [3.8, 4) is 11.5 Å². The third kappa shape index (κ3) is 9.91. The molecule has 0 aliphatic carbocycles. The van der Waals surface area contributed by atoms with Crippen molar-refractivity contribution < 1.29 is 37.0 Å². The molecule has 0 heterocycles. The molecule has 0 spiro atoms. The molecule has 0 fully saturated rings. The van der Waals surface area contributed by atoms with E-state index in [1.54, 1.807) is 18.9 Å². The molecule has 0 aromatic heterocycles. The summed E-state index contributed by atoms with van der Waals surface area (Å²) < 4.78 is 54.4. The number of hydrogen-bond donors (Lipinski definition) is 0. The van der Waals surface area contributed by atoms with Crippen molar-refractivity contribution in [2.24, 2.45) is 5.92 Å². The highest BCUT2D eigenvalue weighted by atomic mass is 32.2. The molecule has 31 heavy (non-hydrogen) atoms. The molecule has 5 nitrogen and oxygen atoms in total. The van der Waals surface area contributed by atoms with Gasteiger partial charge in [-0.05, 0) is 61.9 Å². The van der Waals surface area contributed by atoms with Gasteiger partial charge in [-0.2, -0.15) is 22.8 Å². The van der Waals surface area contributed by atoms with E-state index in [1.807, 2.05) is 26.0 Å². The summed E-state index contributed by atoms with van der Waals surface area (Å²) in [6, 6.07) is 10.8. The summed E-state index contributed by atoms with van der Waals surface area (Å²) in [5, 5.41) is 0. The number of methoxy groups -OCH3 is 1. The smallest absolute Gasteiger partial charge is 0.416 e. The standard InChI is InChI=1S/C21H25F3O3S.CO2/c1-4-26-12-16(14-28-19-9-10-20(25-3)15(2)11-19)13-27-18-7-5-17(6-8-18)21(22,23)24;2-1-3/h5-11,16H,4,12-14H2,1-3H3;. The van der Waals surface area contributed by atoms with Crippen molar-refractivity contribution in [1.82, 2.24) is 0 Å². The highest BCUT2D eigenvalue weighted by molar-refractivity contribution is 7.99. The largest absolute Gasteiger partial charge is 0.496 e. The lowest BCUT2D eigenvalue weighted by Crippen LogP contribution is -2.20. The molecule has 0 saturated carbocycles. The van der Waals surface area contributed by atoms with Gasteiger partial charge in [-0.1, -0.05) is 0 Å². The Kier molecular flexibility index (Phi) is 11.8. The van der Waals surface area contributed by atoms with E-state index in [0.717, 1.165) is 34.1 Å². The van der Waals surface area contributed by atoms with Crippen molar-refractivity contribution in [2.45, 2.75) is 24.9 Å². The second kappa shape index (κ2) is 13.7. The second-order valence-electron chi connectivity index (χ2n) is 6.38.